The molecule has 1 N–H and O–H groups in total. The Bertz CT molecular complexity index is 778. The molecule has 1 aliphatic rings. The van der Waals surface area contributed by atoms with Crippen molar-refractivity contribution in [2.45, 2.75) is 46.0 Å². The molecule has 0 bridgehead atoms. The Labute approximate surface area is 134 Å². The third-order valence-corrected chi connectivity index (χ3v) is 5.75. The van der Waals surface area contributed by atoms with Gasteiger partial charge in [-0.25, -0.2) is 0 Å². The topological polar surface area (TPSA) is 46.2 Å². The predicted molar refractivity (Wildman–Crippen MR) is 92.8 cm³/mol. The van der Waals surface area contributed by atoms with Crippen molar-refractivity contribution < 1.29 is 4.79 Å². The lowest BCUT2D eigenvalue weighted by molar-refractivity contribution is -0.115. The summed E-state index contributed by atoms with van der Waals surface area (Å²) >= 11 is 1.72. The first kappa shape index (κ1) is 15.2. The normalized spacial score (nSPS) is 17.3. The van der Waals surface area contributed by atoms with E-state index in [1.165, 1.54) is 11.3 Å². The van der Waals surface area contributed by atoms with Crippen LogP contribution in [0, 0.1) is 5.92 Å². The molecule has 0 aliphatic heterocycles. The highest BCUT2D eigenvalue weighted by Gasteiger charge is 2.21. The number of rotatable bonds is 3. The van der Waals surface area contributed by atoms with Crippen LogP contribution in [0.25, 0.3) is 10.1 Å². The summed E-state index contributed by atoms with van der Waals surface area (Å²) in [5.74, 6) is 0.694. The summed E-state index contributed by atoms with van der Waals surface area (Å²) in [6.07, 6.45) is 4.68. The molecule has 1 unspecified atom stereocenters. The fraction of sp³-hybridized carbons (Fsp3) is 0.444. The van der Waals surface area contributed by atoms with Gasteiger partial charge in [0, 0.05) is 32.6 Å². The Morgan fingerprint density at radius 3 is 2.91 bits per heavy atom. The summed E-state index contributed by atoms with van der Waals surface area (Å²) in [7, 11) is 0. The lowest BCUT2D eigenvalue weighted by atomic mass is 9.87. The second-order valence-corrected chi connectivity index (χ2v) is 7.10. The average molecular weight is 315 g/mol. The molecule has 1 aromatic carbocycles. The van der Waals surface area contributed by atoms with Crippen molar-refractivity contribution in [3.63, 3.8) is 0 Å². The number of carbonyl (C=O) groups is 1. The van der Waals surface area contributed by atoms with Crippen molar-refractivity contribution in [3.8, 4) is 0 Å². The maximum Gasteiger partial charge on any atom is 0.224 e. The molecule has 116 valence electrons. The Balaban J connectivity index is 2.06. The monoisotopic (exact) mass is 315 g/mol. The first-order valence-electron chi connectivity index (χ1n) is 8.00. The van der Waals surface area contributed by atoms with Crippen molar-refractivity contribution in [1.82, 2.24) is 0 Å². The fourth-order valence-electron chi connectivity index (χ4n) is 3.08. The number of benzene rings is 1. The minimum atomic E-state index is -0.00398. The van der Waals surface area contributed by atoms with Crippen LogP contribution >= 0.6 is 11.3 Å². The van der Waals surface area contributed by atoms with Crippen molar-refractivity contribution >= 4 is 33.0 Å². The van der Waals surface area contributed by atoms with E-state index in [2.05, 4.69) is 12.2 Å². The van der Waals surface area contributed by atoms with Gasteiger partial charge in [0.25, 0.3) is 0 Å². The maximum absolute atomic E-state index is 12.7. The minimum absolute atomic E-state index is 0.00398. The molecule has 0 saturated heterocycles. The first-order valence-corrected chi connectivity index (χ1v) is 8.82. The van der Waals surface area contributed by atoms with Crippen LogP contribution in [-0.2, 0) is 17.6 Å². The quantitative estimate of drug-likeness (QED) is 0.926. The van der Waals surface area contributed by atoms with Gasteiger partial charge in [-0.15, -0.1) is 11.3 Å². The maximum atomic E-state index is 12.7. The van der Waals surface area contributed by atoms with E-state index in [0.717, 1.165) is 40.6 Å². The predicted octanol–water partition coefficient (Wildman–Crippen LogP) is 4.12. The highest BCUT2D eigenvalue weighted by molar-refractivity contribution is 7.18. The number of hydrogen-bond donors (Lipinski definition) is 1. The van der Waals surface area contributed by atoms with Crippen molar-refractivity contribution in [1.29, 1.82) is 0 Å². The van der Waals surface area contributed by atoms with Crippen LogP contribution in [0.15, 0.2) is 23.0 Å². The van der Waals surface area contributed by atoms with Gasteiger partial charge in [0.1, 0.15) is 0 Å². The number of anilines is 1. The Morgan fingerprint density at radius 2 is 2.18 bits per heavy atom. The van der Waals surface area contributed by atoms with Gasteiger partial charge in [-0.2, -0.15) is 0 Å². The van der Waals surface area contributed by atoms with Crippen molar-refractivity contribution in [2.75, 3.05) is 5.32 Å². The van der Waals surface area contributed by atoms with Crippen LogP contribution in [0.4, 0.5) is 5.69 Å². The highest BCUT2D eigenvalue weighted by atomic mass is 32.1. The van der Waals surface area contributed by atoms with E-state index in [4.69, 9.17) is 0 Å². The van der Waals surface area contributed by atoms with Gasteiger partial charge in [0.05, 0.1) is 0 Å². The number of fused-ring (bicyclic) bond motifs is 2. The Hall–Kier alpha value is -1.68. The molecule has 3 rings (SSSR count). The molecule has 2 aromatic rings. The van der Waals surface area contributed by atoms with Gasteiger partial charge >= 0.3 is 0 Å². The fourth-order valence-corrected chi connectivity index (χ4v) is 4.44. The number of carbonyl (C=O) groups excluding carboxylic acids is 1. The number of hydrogen-bond acceptors (Lipinski definition) is 3. The van der Waals surface area contributed by atoms with Gasteiger partial charge in [0.2, 0.25) is 5.91 Å². The first-order chi connectivity index (χ1) is 10.6. The van der Waals surface area contributed by atoms with Crippen LogP contribution in [0.1, 0.15) is 43.6 Å². The summed E-state index contributed by atoms with van der Waals surface area (Å²) in [6.45, 7) is 4.05. The van der Waals surface area contributed by atoms with E-state index in [1.807, 2.05) is 25.1 Å². The molecule has 0 fully saturated rings. The molecule has 22 heavy (non-hydrogen) atoms. The van der Waals surface area contributed by atoms with E-state index < -0.39 is 0 Å². The summed E-state index contributed by atoms with van der Waals surface area (Å²) in [6, 6.07) is 5.62. The molecule has 0 radical (unpaired) electrons. The van der Waals surface area contributed by atoms with Gasteiger partial charge in [-0.3, -0.25) is 9.59 Å². The molecular weight excluding hydrogens is 294 g/mol. The van der Waals surface area contributed by atoms with Gasteiger partial charge in [0.15, 0.2) is 5.43 Å². The molecule has 0 saturated carbocycles. The largest absolute Gasteiger partial charge is 0.326 e. The zero-order valence-corrected chi connectivity index (χ0v) is 13.9. The molecule has 1 aromatic heterocycles. The van der Waals surface area contributed by atoms with Crippen LogP contribution < -0.4 is 10.7 Å². The molecule has 1 heterocycles. The zero-order valence-electron chi connectivity index (χ0n) is 13.1. The van der Waals surface area contributed by atoms with Crippen LogP contribution in [0.3, 0.4) is 0 Å². The van der Waals surface area contributed by atoms with E-state index in [0.29, 0.717) is 12.3 Å². The number of amides is 1. The van der Waals surface area contributed by atoms with Crippen molar-refractivity contribution in [3.05, 3.63) is 38.9 Å². The molecule has 1 aliphatic carbocycles. The summed E-state index contributed by atoms with van der Waals surface area (Å²) in [5, 5.41) is 3.65. The third-order valence-electron chi connectivity index (χ3n) is 4.53. The molecule has 1 atom stereocenters. The summed E-state index contributed by atoms with van der Waals surface area (Å²) in [5.41, 5.74) is 1.98. The smallest absolute Gasteiger partial charge is 0.224 e. The third kappa shape index (κ3) is 2.80. The van der Waals surface area contributed by atoms with Crippen LogP contribution in [-0.4, -0.2) is 5.91 Å². The summed E-state index contributed by atoms with van der Waals surface area (Å²) < 4.78 is 0.981. The lowest BCUT2D eigenvalue weighted by Crippen LogP contribution is -2.20. The van der Waals surface area contributed by atoms with E-state index in [-0.39, 0.29) is 11.3 Å². The molecular formula is C18H21NO2S. The minimum Gasteiger partial charge on any atom is -0.326 e. The molecule has 3 nitrogen and oxygen atoms in total. The Morgan fingerprint density at radius 1 is 1.36 bits per heavy atom. The second kappa shape index (κ2) is 6.21. The SMILES string of the molecule is CCC(=O)Nc1ccc2c(=O)c3c(sc2c1)CC(CC)CC3. The van der Waals surface area contributed by atoms with E-state index >= 15 is 0 Å². The Kier molecular flexibility index (Phi) is 4.30. The van der Waals surface area contributed by atoms with Crippen molar-refractivity contribution in [2.24, 2.45) is 5.92 Å². The summed E-state index contributed by atoms with van der Waals surface area (Å²) in [4.78, 5) is 25.5. The van der Waals surface area contributed by atoms with Gasteiger partial charge in [-0.05, 0) is 43.4 Å². The second-order valence-electron chi connectivity index (χ2n) is 5.96. The van der Waals surface area contributed by atoms with Crippen LogP contribution in [0.2, 0.25) is 0 Å². The molecule has 0 spiro atoms. The number of nitrogens with one attached hydrogen (secondary N) is 1. The average Bonchev–Trinajstić information content (AvgIpc) is 2.54. The van der Waals surface area contributed by atoms with Crippen LogP contribution in [0.5, 0.6) is 0 Å². The van der Waals surface area contributed by atoms with Gasteiger partial charge in [-0.1, -0.05) is 20.3 Å². The molecule has 1 amide bonds. The molecule has 4 heteroatoms. The van der Waals surface area contributed by atoms with E-state index in [9.17, 15) is 9.59 Å². The zero-order chi connectivity index (χ0) is 15.7. The highest BCUT2D eigenvalue weighted by Crippen LogP contribution is 2.32. The standard InChI is InChI=1S/C18H21NO2S/c1-3-11-5-7-13-15(9-11)22-16-10-12(19-17(20)4-2)6-8-14(16)18(13)21/h6,8,10-11H,3-5,7,9H2,1-2H3,(H,19,20). The van der Waals surface area contributed by atoms with E-state index in [1.54, 1.807) is 11.3 Å². The lowest BCUT2D eigenvalue weighted by Gasteiger charge is -2.22. The van der Waals surface area contributed by atoms with Gasteiger partial charge < -0.3 is 5.32 Å².